The van der Waals surface area contributed by atoms with Crippen LogP contribution in [0.2, 0.25) is 0 Å². The first-order valence-corrected chi connectivity index (χ1v) is 10.5. The molecule has 2 aliphatic heterocycles. The van der Waals surface area contributed by atoms with E-state index in [4.69, 9.17) is 4.74 Å². The monoisotopic (exact) mass is 418 g/mol. The van der Waals surface area contributed by atoms with Gasteiger partial charge in [-0.3, -0.25) is 14.5 Å². The Kier molecular flexibility index (Phi) is 5.90. The van der Waals surface area contributed by atoms with E-state index in [0.29, 0.717) is 56.9 Å². The number of ether oxygens (including phenoxy) is 1. The maximum Gasteiger partial charge on any atom is 0.325 e. The van der Waals surface area contributed by atoms with Gasteiger partial charge in [-0.25, -0.2) is 9.18 Å². The second-order valence-corrected chi connectivity index (χ2v) is 8.09. The van der Waals surface area contributed by atoms with E-state index in [1.807, 2.05) is 4.90 Å². The molecule has 0 atom stereocenters. The average Bonchev–Trinajstić information content (AvgIpc) is 3.29. The second-order valence-electron chi connectivity index (χ2n) is 8.09. The Hall–Kier alpha value is -2.68. The van der Waals surface area contributed by atoms with Crippen molar-refractivity contribution < 1.29 is 23.5 Å². The van der Waals surface area contributed by atoms with Crippen molar-refractivity contribution in [2.75, 3.05) is 43.1 Å². The van der Waals surface area contributed by atoms with Gasteiger partial charge in [0.25, 0.3) is 5.91 Å². The molecule has 2 heterocycles. The molecule has 2 saturated heterocycles. The first-order chi connectivity index (χ1) is 14.5. The molecular weight excluding hydrogens is 391 g/mol. The first-order valence-electron chi connectivity index (χ1n) is 10.5. The number of imide groups is 1. The predicted molar refractivity (Wildman–Crippen MR) is 109 cm³/mol. The molecule has 1 aromatic carbocycles. The number of carbonyl (C=O) groups is 3. The zero-order valence-corrected chi connectivity index (χ0v) is 16.9. The maximum atomic E-state index is 14.5. The van der Waals surface area contributed by atoms with Crippen LogP contribution in [0, 0.1) is 5.82 Å². The van der Waals surface area contributed by atoms with Crippen molar-refractivity contribution in [2.24, 2.45) is 0 Å². The third-order valence-corrected chi connectivity index (χ3v) is 6.07. The summed E-state index contributed by atoms with van der Waals surface area (Å²) in [6, 6.07) is 4.27. The standard InChI is InChI=1S/C21H27FN4O4/c22-16-14-15(5-6-17(16)25-10-12-30-13-11-25)23-18(27)4-3-9-26-19(28)21(24-20(26)29)7-1-2-8-21/h5-6,14H,1-4,7-13H2,(H,23,27)(H,24,29). The number of halogens is 1. The molecule has 162 valence electrons. The van der Waals surface area contributed by atoms with Gasteiger partial charge in [-0.05, 0) is 37.5 Å². The van der Waals surface area contributed by atoms with Crippen molar-refractivity contribution in [1.82, 2.24) is 10.2 Å². The fourth-order valence-corrected chi connectivity index (χ4v) is 4.46. The van der Waals surface area contributed by atoms with E-state index in [9.17, 15) is 18.8 Å². The molecule has 3 aliphatic rings. The van der Waals surface area contributed by atoms with Gasteiger partial charge in [0.05, 0.1) is 18.9 Å². The third kappa shape index (κ3) is 4.12. The van der Waals surface area contributed by atoms with Gasteiger partial charge in [-0.15, -0.1) is 0 Å². The van der Waals surface area contributed by atoms with E-state index in [1.165, 1.54) is 11.0 Å². The van der Waals surface area contributed by atoms with E-state index in [-0.39, 0.29) is 30.8 Å². The van der Waals surface area contributed by atoms with Crippen LogP contribution in [0.25, 0.3) is 0 Å². The highest BCUT2D eigenvalue weighted by molar-refractivity contribution is 6.07. The molecule has 4 rings (SSSR count). The third-order valence-electron chi connectivity index (χ3n) is 6.07. The van der Waals surface area contributed by atoms with Crippen LogP contribution in [0.15, 0.2) is 18.2 Å². The lowest BCUT2D eigenvalue weighted by molar-refractivity contribution is -0.131. The van der Waals surface area contributed by atoms with Crippen LogP contribution < -0.4 is 15.5 Å². The predicted octanol–water partition coefficient (Wildman–Crippen LogP) is 2.25. The fourth-order valence-electron chi connectivity index (χ4n) is 4.46. The number of anilines is 2. The summed E-state index contributed by atoms with van der Waals surface area (Å²) in [5.74, 6) is -0.849. The number of hydrogen-bond donors (Lipinski definition) is 2. The molecule has 9 heteroatoms. The average molecular weight is 418 g/mol. The highest BCUT2D eigenvalue weighted by Crippen LogP contribution is 2.35. The summed E-state index contributed by atoms with van der Waals surface area (Å²) >= 11 is 0. The number of rotatable bonds is 6. The number of benzene rings is 1. The van der Waals surface area contributed by atoms with E-state index < -0.39 is 11.4 Å². The lowest BCUT2D eigenvalue weighted by Crippen LogP contribution is -2.44. The summed E-state index contributed by atoms with van der Waals surface area (Å²) in [6.07, 6.45) is 3.72. The summed E-state index contributed by atoms with van der Waals surface area (Å²) in [5.41, 5.74) is 0.157. The minimum absolute atomic E-state index is 0.136. The summed E-state index contributed by atoms with van der Waals surface area (Å²) in [7, 11) is 0. The molecule has 1 spiro atoms. The SMILES string of the molecule is O=C(CCCN1C(=O)NC2(CCCC2)C1=O)Nc1ccc(N2CCOCC2)c(F)c1. The first kappa shape index (κ1) is 20.6. The second kappa shape index (κ2) is 8.59. The van der Waals surface area contributed by atoms with Crippen molar-refractivity contribution in [1.29, 1.82) is 0 Å². The number of hydrogen-bond acceptors (Lipinski definition) is 5. The Balaban J connectivity index is 1.26. The summed E-state index contributed by atoms with van der Waals surface area (Å²) < 4.78 is 19.7. The minimum atomic E-state index is -0.723. The van der Waals surface area contributed by atoms with Crippen molar-refractivity contribution in [3.8, 4) is 0 Å². The van der Waals surface area contributed by atoms with Gasteiger partial charge in [0.2, 0.25) is 5.91 Å². The normalized spacial score (nSPS) is 20.7. The number of nitrogens with one attached hydrogen (secondary N) is 2. The molecule has 0 radical (unpaired) electrons. The lowest BCUT2D eigenvalue weighted by Gasteiger charge is -2.29. The van der Waals surface area contributed by atoms with E-state index in [1.54, 1.807) is 12.1 Å². The van der Waals surface area contributed by atoms with Crippen molar-refractivity contribution >= 4 is 29.2 Å². The molecule has 2 N–H and O–H groups in total. The van der Waals surface area contributed by atoms with Gasteiger partial charge < -0.3 is 20.3 Å². The van der Waals surface area contributed by atoms with Gasteiger partial charge in [0.1, 0.15) is 11.4 Å². The van der Waals surface area contributed by atoms with Gasteiger partial charge in [-0.2, -0.15) is 0 Å². The number of morpholine rings is 1. The molecule has 4 amide bonds. The van der Waals surface area contributed by atoms with E-state index >= 15 is 0 Å². The zero-order valence-electron chi connectivity index (χ0n) is 16.9. The van der Waals surface area contributed by atoms with Crippen LogP contribution in [0.4, 0.5) is 20.6 Å². The number of nitrogens with zero attached hydrogens (tertiary/aromatic N) is 2. The highest BCUT2D eigenvalue weighted by Gasteiger charge is 2.52. The Labute approximate surface area is 174 Å². The summed E-state index contributed by atoms with van der Waals surface area (Å²) in [5, 5.41) is 5.51. The van der Waals surface area contributed by atoms with Gasteiger partial charge in [-0.1, -0.05) is 12.8 Å². The molecule has 3 fully saturated rings. The van der Waals surface area contributed by atoms with Gasteiger partial charge in [0.15, 0.2) is 0 Å². The van der Waals surface area contributed by atoms with Crippen molar-refractivity contribution in [3.63, 3.8) is 0 Å². The summed E-state index contributed by atoms with van der Waals surface area (Å²) in [6.45, 7) is 2.59. The van der Waals surface area contributed by atoms with Gasteiger partial charge in [0, 0.05) is 31.7 Å². The number of amides is 4. The molecule has 0 aromatic heterocycles. The topological polar surface area (TPSA) is 91.0 Å². The largest absolute Gasteiger partial charge is 0.378 e. The number of carbonyl (C=O) groups excluding carboxylic acids is 3. The molecule has 1 aliphatic carbocycles. The minimum Gasteiger partial charge on any atom is -0.378 e. The van der Waals surface area contributed by atoms with Crippen LogP contribution in [-0.4, -0.2) is 61.1 Å². The Morgan fingerprint density at radius 1 is 1.20 bits per heavy atom. The number of urea groups is 1. The molecule has 1 saturated carbocycles. The quantitative estimate of drug-likeness (QED) is 0.692. The van der Waals surface area contributed by atoms with Crippen molar-refractivity contribution in [3.05, 3.63) is 24.0 Å². The molecule has 1 aromatic rings. The Morgan fingerprint density at radius 2 is 1.93 bits per heavy atom. The maximum absolute atomic E-state index is 14.5. The van der Waals surface area contributed by atoms with Crippen molar-refractivity contribution in [2.45, 2.75) is 44.1 Å². The Bertz CT molecular complexity index is 834. The highest BCUT2D eigenvalue weighted by atomic mass is 19.1. The zero-order chi connectivity index (χ0) is 21.1. The molecule has 8 nitrogen and oxygen atoms in total. The summed E-state index contributed by atoms with van der Waals surface area (Å²) in [4.78, 5) is 40.1. The fraction of sp³-hybridized carbons (Fsp3) is 0.571. The van der Waals surface area contributed by atoms with Gasteiger partial charge >= 0.3 is 6.03 Å². The Morgan fingerprint density at radius 3 is 2.63 bits per heavy atom. The molecule has 0 bridgehead atoms. The van der Waals surface area contributed by atoms with E-state index in [0.717, 1.165) is 12.8 Å². The molecule has 30 heavy (non-hydrogen) atoms. The van der Waals surface area contributed by atoms with Crippen LogP contribution in [0.1, 0.15) is 38.5 Å². The molecular formula is C21H27FN4O4. The molecule has 0 unspecified atom stereocenters. The smallest absolute Gasteiger partial charge is 0.325 e. The van der Waals surface area contributed by atoms with Crippen LogP contribution in [0.3, 0.4) is 0 Å². The lowest BCUT2D eigenvalue weighted by atomic mass is 9.98. The van der Waals surface area contributed by atoms with Crippen LogP contribution in [0.5, 0.6) is 0 Å². The van der Waals surface area contributed by atoms with E-state index in [2.05, 4.69) is 10.6 Å². The van der Waals surface area contributed by atoms with Crippen LogP contribution in [-0.2, 0) is 14.3 Å². The van der Waals surface area contributed by atoms with Crippen LogP contribution >= 0.6 is 0 Å².